The highest BCUT2D eigenvalue weighted by Gasteiger charge is 2.31. The summed E-state index contributed by atoms with van der Waals surface area (Å²) in [5, 5.41) is 0. The lowest BCUT2D eigenvalue weighted by Crippen LogP contribution is -2.42. The fraction of sp³-hybridized carbons (Fsp3) is 0.538. The summed E-state index contributed by atoms with van der Waals surface area (Å²) in [6, 6.07) is 22.5. The molecular weight excluding hydrogens is 384 g/mol. The second-order valence-corrected chi connectivity index (χ2v) is 8.89. The monoisotopic (exact) mass is 424 g/mol. The van der Waals surface area contributed by atoms with Gasteiger partial charge in [0.1, 0.15) is 0 Å². The molecule has 2 atom stereocenters. The molecule has 170 valence electrons. The Morgan fingerprint density at radius 3 is 1.32 bits per heavy atom. The van der Waals surface area contributed by atoms with E-state index < -0.39 is 0 Å². The van der Waals surface area contributed by atoms with Crippen molar-refractivity contribution < 1.29 is 4.74 Å². The van der Waals surface area contributed by atoms with Gasteiger partial charge < -0.3 is 14.5 Å². The standard InChI is InChI=1S/C26H40N4O/c1-27-15-17-29(3)25(23-11-7-5-8-12-23)26(24-13-9-6-10-14-24)30(4)18-16-28(2)20-22-31-21-19-27/h5-14,25-26H,15-22H2,1-4H3/t25-,26-/m1/s1. The van der Waals surface area contributed by atoms with Crippen molar-refractivity contribution in [1.29, 1.82) is 0 Å². The van der Waals surface area contributed by atoms with Gasteiger partial charge in [0.25, 0.3) is 0 Å². The lowest BCUT2D eigenvalue weighted by molar-refractivity contribution is 0.0920. The molecule has 5 heteroatoms. The Kier molecular flexibility index (Phi) is 9.50. The van der Waals surface area contributed by atoms with Gasteiger partial charge in [-0.15, -0.1) is 0 Å². The average Bonchev–Trinajstić information content (AvgIpc) is 2.80. The molecule has 0 N–H and O–H groups in total. The first-order chi connectivity index (χ1) is 15.1. The van der Waals surface area contributed by atoms with E-state index in [1.807, 2.05) is 0 Å². The number of likely N-dealkylation sites (N-methyl/N-ethyl adjacent to an activating group) is 4. The first kappa shape index (κ1) is 23.9. The Bertz CT molecular complexity index is 678. The third kappa shape index (κ3) is 7.13. The van der Waals surface area contributed by atoms with Crippen molar-refractivity contribution in [3.05, 3.63) is 71.8 Å². The maximum atomic E-state index is 5.87. The van der Waals surface area contributed by atoms with Crippen LogP contribution in [0.4, 0.5) is 0 Å². The molecule has 3 rings (SSSR count). The molecule has 0 amide bonds. The molecule has 1 aliphatic heterocycles. The van der Waals surface area contributed by atoms with Gasteiger partial charge in [-0.3, -0.25) is 9.80 Å². The van der Waals surface area contributed by atoms with E-state index in [-0.39, 0.29) is 12.1 Å². The number of benzene rings is 2. The average molecular weight is 425 g/mol. The minimum absolute atomic E-state index is 0.272. The van der Waals surface area contributed by atoms with Crippen LogP contribution >= 0.6 is 0 Å². The van der Waals surface area contributed by atoms with Crippen LogP contribution in [0.1, 0.15) is 23.2 Å². The van der Waals surface area contributed by atoms with Crippen LogP contribution in [0, 0.1) is 0 Å². The Hall–Kier alpha value is -1.76. The zero-order chi connectivity index (χ0) is 22.1. The van der Waals surface area contributed by atoms with E-state index in [4.69, 9.17) is 4.74 Å². The fourth-order valence-corrected chi connectivity index (χ4v) is 4.36. The molecule has 1 fully saturated rings. The molecule has 5 nitrogen and oxygen atoms in total. The van der Waals surface area contributed by atoms with E-state index in [9.17, 15) is 0 Å². The van der Waals surface area contributed by atoms with E-state index in [0.29, 0.717) is 0 Å². The minimum Gasteiger partial charge on any atom is -0.379 e. The van der Waals surface area contributed by atoms with Crippen LogP contribution in [0.15, 0.2) is 60.7 Å². The highest BCUT2D eigenvalue weighted by molar-refractivity contribution is 5.28. The number of nitrogens with zero attached hydrogens (tertiary/aromatic N) is 4. The van der Waals surface area contributed by atoms with Gasteiger partial charge >= 0.3 is 0 Å². The van der Waals surface area contributed by atoms with Crippen LogP contribution in [0.3, 0.4) is 0 Å². The van der Waals surface area contributed by atoms with Gasteiger partial charge in [-0.1, -0.05) is 60.7 Å². The van der Waals surface area contributed by atoms with Crippen LogP contribution in [-0.2, 0) is 4.74 Å². The summed E-state index contributed by atoms with van der Waals surface area (Å²) in [5.74, 6) is 0. The van der Waals surface area contributed by atoms with E-state index in [0.717, 1.165) is 52.5 Å². The molecule has 0 saturated carbocycles. The van der Waals surface area contributed by atoms with Crippen LogP contribution in [0.25, 0.3) is 0 Å². The summed E-state index contributed by atoms with van der Waals surface area (Å²) in [4.78, 5) is 9.82. The quantitative estimate of drug-likeness (QED) is 0.736. The van der Waals surface area contributed by atoms with Crippen LogP contribution in [-0.4, -0.2) is 100 Å². The molecule has 31 heavy (non-hydrogen) atoms. The first-order valence-corrected chi connectivity index (χ1v) is 11.5. The number of rotatable bonds is 2. The molecule has 2 aromatic carbocycles. The molecule has 1 saturated heterocycles. The smallest absolute Gasteiger partial charge is 0.0593 e. The van der Waals surface area contributed by atoms with Crippen molar-refractivity contribution >= 4 is 0 Å². The lowest BCUT2D eigenvalue weighted by Gasteiger charge is -2.41. The Labute approximate surface area is 189 Å². The van der Waals surface area contributed by atoms with Crippen molar-refractivity contribution in [1.82, 2.24) is 19.6 Å². The normalized spacial score (nSPS) is 25.0. The maximum Gasteiger partial charge on any atom is 0.0593 e. The highest BCUT2D eigenvalue weighted by atomic mass is 16.5. The topological polar surface area (TPSA) is 22.2 Å². The zero-order valence-corrected chi connectivity index (χ0v) is 19.8. The van der Waals surface area contributed by atoms with Gasteiger partial charge in [-0.05, 0) is 39.3 Å². The second-order valence-electron chi connectivity index (χ2n) is 8.89. The Morgan fingerprint density at radius 2 is 0.935 bits per heavy atom. The van der Waals surface area contributed by atoms with Crippen LogP contribution in [0.2, 0.25) is 0 Å². The molecule has 1 aliphatic rings. The molecule has 0 aliphatic carbocycles. The molecule has 0 aromatic heterocycles. The summed E-state index contributed by atoms with van der Waals surface area (Å²) in [6.07, 6.45) is 0. The van der Waals surface area contributed by atoms with Crippen LogP contribution < -0.4 is 0 Å². The van der Waals surface area contributed by atoms with Gasteiger partial charge in [0, 0.05) is 39.3 Å². The maximum absolute atomic E-state index is 5.87. The third-order valence-electron chi connectivity index (χ3n) is 6.43. The summed E-state index contributed by atoms with van der Waals surface area (Å²) in [7, 11) is 8.94. The van der Waals surface area contributed by atoms with Crippen molar-refractivity contribution in [3.63, 3.8) is 0 Å². The molecule has 1 heterocycles. The van der Waals surface area contributed by atoms with Gasteiger partial charge in [0.15, 0.2) is 0 Å². The number of hydrogen-bond donors (Lipinski definition) is 0. The van der Waals surface area contributed by atoms with Gasteiger partial charge in [0.2, 0.25) is 0 Å². The second kappa shape index (κ2) is 12.3. The SMILES string of the molecule is CN1CCOCCN(C)CCN(C)[C@H](c2ccccc2)[C@@H](c2ccccc2)N(C)CC1. The highest BCUT2D eigenvalue weighted by Crippen LogP contribution is 2.37. The van der Waals surface area contributed by atoms with Crippen molar-refractivity contribution in [2.45, 2.75) is 12.1 Å². The molecule has 0 radical (unpaired) electrons. The largest absolute Gasteiger partial charge is 0.379 e. The molecule has 0 bridgehead atoms. The first-order valence-electron chi connectivity index (χ1n) is 11.5. The number of hydrogen-bond acceptors (Lipinski definition) is 5. The Balaban J connectivity index is 1.96. The fourth-order valence-electron chi connectivity index (χ4n) is 4.36. The minimum atomic E-state index is 0.272. The summed E-state index contributed by atoms with van der Waals surface area (Å²) in [6.45, 7) is 7.58. The van der Waals surface area contributed by atoms with Crippen LogP contribution in [0.5, 0.6) is 0 Å². The van der Waals surface area contributed by atoms with Gasteiger partial charge in [-0.2, -0.15) is 0 Å². The Morgan fingerprint density at radius 1 is 0.548 bits per heavy atom. The molecule has 0 spiro atoms. The number of ether oxygens (including phenoxy) is 1. The van der Waals surface area contributed by atoms with Crippen molar-refractivity contribution in [3.8, 4) is 0 Å². The molecular formula is C26H40N4O. The predicted molar refractivity (Wildman–Crippen MR) is 129 cm³/mol. The van der Waals surface area contributed by atoms with E-state index in [1.165, 1.54) is 11.1 Å². The summed E-state index contributed by atoms with van der Waals surface area (Å²) >= 11 is 0. The lowest BCUT2D eigenvalue weighted by atomic mass is 9.91. The summed E-state index contributed by atoms with van der Waals surface area (Å²) < 4.78 is 5.87. The molecule has 2 aromatic rings. The predicted octanol–water partition coefficient (Wildman–Crippen LogP) is 3.23. The third-order valence-corrected chi connectivity index (χ3v) is 6.43. The van der Waals surface area contributed by atoms with E-state index in [1.54, 1.807) is 0 Å². The van der Waals surface area contributed by atoms with Crippen molar-refractivity contribution in [2.24, 2.45) is 0 Å². The van der Waals surface area contributed by atoms with Crippen molar-refractivity contribution in [2.75, 3.05) is 80.7 Å². The van der Waals surface area contributed by atoms with E-state index >= 15 is 0 Å². The van der Waals surface area contributed by atoms with Gasteiger partial charge in [0.05, 0.1) is 25.3 Å². The molecule has 0 unspecified atom stereocenters. The van der Waals surface area contributed by atoms with Gasteiger partial charge in [-0.25, -0.2) is 0 Å². The zero-order valence-electron chi connectivity index (χ0n) is 19.8. The van der Waals surface area contributed by atoms with E-state index in [2.05, 4.69) is 108 Å². The summed E-state index contributed by atoms with van der Waals surface area (Å²) in [5.41, 5.74) is 2.74.